The first-order valence-electron chi connectivity index (χ1n) is 7.74. The molecule has 9 heteroatoms. The smallest absolute Gasteiger partial charge is 0.387 e. The summed E-state index contributed by atoms with van der Waals surface area (Å²) >= 11 is 0. The number of fused-ring (bicyclic) bond motifs is 1. The molecule has 132 valence electrons. The molecule has 0 aliphatic carbocycles. The second-order valence-corrected chi connectivity index (χ2v) is 5.49. The van der Waals surface area contributed by atoms with Gasteiger partial charge in [-0.2, -0.15) is 23.8 Å². The second-order valence-electron chi connectivity index (χ2n) is 5.49. The van der Waals surface area contributed by atoms with Crippen molar-refractivity contribution in [3.05, 3.63) is 36.0 Å². The van der Waals surface area contributed by atoms with Gasteiger partial charge in [0.05, 0.1) is 17.6 Å². The van der Waals surface area contributed by atoms with Crippen LogP contribution in [-0.4, -0.2) is 26.4 Å². The Bertz CT molecular complexity index is 865. The van der Waals surface area contributed by atoms with Crippen LogP contribution in [0, 0.1) is 0 Å². The number of nitrogens with one attached hydrogen (secondary N) is 1. The number of halogens is 2. The molecule has 3 N–H and O–H groups in total. The average Bonchev–Trinajstić information content (AvgIpc) is 2.95. The fourth-order valence-electron chi connectivity index (χ4n) is 2.57. The average molecular weight is 348 g/mol. The standard InChI is InChI=1S/C16H18F2N6O/c1-3-12(9-4-6-10(7-5-9)25-15(17)18)21-16-22-13(19)11-8-20-24(2)14(11)23-16/h4-8,12,15H,3H2,1-2H3,(H3,19,21,22,23)/t12-/m0/s1. The summed E-state index contributed by atoms with van der Waals surface area (Å²) in [6.45, 7) is -0.847. The van der Waals surface area contributed by atoms with Crippen molar-refractivity contribution in [1.29, 1.82) is 0 Å². The van der Waals surface area contributed by atoms with Crippen molar-refractivity contribution in [2.45, 2.75) is 26.0 Å². The quantitative estimate of drug-likeness (QED) is 0.711. The second kappa shape index (κ2) is 6.88. The molecule has 3 rings (SSSR count). The molecule has 25 heavy (non-hydrogen) atoms. The summed E-state index contributed by atoms with van der Waals surface area (Å²) in [5.74, 6) is 0.842. The number of ether oxygens (including phenoxy) is 1. The highest BCUT2D eigenvalue weighted by Gasteiger charge is 2.14. The van der Waals surface area contributed by atoms with Crippen LogP contribution in [0.5, 0.6) is 5.75 Å². The minimum absolute atomic E-state index is 0.106. The first-order valence-corrected chi connectivity index (χ1v) is 7.74. The fourth-order valence-corrected chi connectivity index (χ4v) is 2.57. The minimum Gasteiger partial charge on any atom is -0.435 e. The Kier molecular flexibility index (Phi) is 4.64. The van der Waals surface area contributed by atoms with Gasteiger partial charge in [-0.1, -0.05) is 19.1 Å². The van der Waals surface area contributed by atoms with Crippen LogP contribution in [-0.2, 0) is 7.05 Å². The summed E-state index contributed by atoms with van der Waals surface area (Å²) in [5.41, 5.74) is 7.49. The molecular weight excluding hydrogens is 330 g/mol. The third kappa shape index (κ3) is 3.59. The van der Waals surface area contributed by atoms with Crippen LogP contribution in [0.15, 0.2) is 30.5 Å². The topological polar surface area (TPSA) is 90.9 Å². The summed E-state index contributed by atoms with van der Waals surface area (Å²) < 4.78 is 30.5. The van der Waals surface area contributed by atoms with Crippen molar-refractivity contribution in [3.8, 4) is 5.75 Å². The summed E-state index contributed by atoms with van der Waals surface area (Å²) in [5, 5.41) is 8.03. The number of nitrogen functional groups attached to an aromatic ring is 1. The fraction of sp³-hybridized carbons (Fsp3) is 0.312. The molecule has 0 aliphatic rings. The molecule has 0 bridgehead atoms. The lowest BCUT2D eigenvalue weighted by Crippen LogP contribution is -2.13. The molecule has 0 unspecified atom stereocenters. The Labute approximate surface area is 142 Å². The molecule has 2 aromatic heterocycles. The largest absolute Gasteiger partial charge is 0.435 e. The number of benzene rings is 1. The molecule has 0 saturated heterocycles. The van der Waals surface area contributed by atoms with Gasteiger partial charge in [0, 0.05) is 7.05 Å². The van der Waals surface area contributed by atoms with Crippen LogP contribution in [0.3, 0.4) is 0 Å². The lowest BCUT2D eigenvalue weighted by molar-refractivity contribution is -0.0498. The van der Waals surface area contributed by atoms with Crippen molar-refractivity contribution in [2.75, 3.05) is 11.1 Å². The van der Waals surface area contributed by atoms with Gasteiger partial charge in [0.25, 0.3) is 0 Å². The number of hydrogen-bond donors (Lipinski definition) is 2. The molecule has 0 spiro atoms. The Hall–Kier alpha value is -2.97. The number of aromatic nitrogens is 4. The highest BCUT2D eigenvalue weighted by molar-refractivity contribution is 5.86. The van der Waals surface area contributed by atoms with Crippen LogP contribution in [0.1, 0.15) is 24.9 Å². The van der Waals surface area contributed by atoms with Crippen molar-refractivity contribution in [1.82, 2.24) is 19.7 Å². The highest BCUT2D eigenvalue weighted by Crippen LogP contribution is 2.25. The van der Waals surface area contributed by atoms with E-state index in [4.69, 9.17) is 5.73 Å². The van der Waals surface area contributed by atoms with Crippen LogP contribution >= 0.6 is 0 Å². The van der Waals surface area contributed by atoms with Gasteiger partial charge in [-0.05, 0) is 24.1 Å². The highest BCUT2D eigenvalue weighted by atomic mass is 19.3. The number of alkyl halides is 2. The van der Waals surface area contributed by atoms with Crippen LogP contribution in [0.2, 0.25) is 0 Å². The lowest BCUT2D eigenvalue weighted by Gasteiger charge is -2.18. The van der Waals surface area contributed by atoms with E-state index in [1.54, 1.807) is 30.1 Å². The van der Waals surface area contributed by atoms with Crippen molar-refractivity contribution < 1.29 is 13.5 Å². The minimum atomic E-state index is -2.84. The van der Waals surface area contributed by atoms with E-state index in [2.05, 4.69) is 25.1 Å². The van der Waals surface area contributed by atoms with Gasteiger partial charge >= 0.3 is 6.61 Å². The predicted molar refractivity (Wildman–Crippen MR) is 90.4 cm³/mol. The zero-order valence-electron chi connectivity index (χ0n) is 13.8. The maximum absolute atomic E-state index is 12.2. The molecule has 0 saturated carbocycles. The Morgan fingerprint density at radius 3 is 2.60 bits per heavy atom. The van der Waals surface area contributed by atoms with Gasteiger partial charge < -0.3 is 15.8 Å². The van der Waals surface area contributed by atoms with Crippen LogP contribution in [0.4, 0.5) is 20.5 Å². The molecule has 3 aromatic rings. The molecule has 2 heterocycles. The molecule has 0 amide bonds. The molecule has 0 radical (unpaired) electrons. The summed E-state index contributed by atoms with van der Waals surface area (Å²) in [6.07, 6.45) is 2.36. The van der Waals surface area contributed by atoms with E-state index < -0.39 is 6.61 Å². The van der Waals surface area contributed by atoms with Crippen LogP contribution < -0.4 is 15.8 Å². The van der Waals surface area contributed by atoms with E-state index in [0.29, 0.717) is 22.8 Å². The SMILES string of the molecule is CC[C@H](Nc1nc(N)c2cnn(C)c2n1)c1ccc(OC(F)F)cc1. The van der Waals surface area contributed by atoms with E-state index in [9.17, 15) is 8.78 Å². The third-order valence-corrected chi connectivity index (χ3v) is 3.84. The van der Waals surface area contributed by atoms with E-state index in [-0.39, 0.29) is 11.8 Å². The normalized spacial score (nSPS) is 12.5. The van der Waals surface area contributed by atoms with Gasteiger partial charge in [0.2, 0.25) is 5.95 Å². The Morgan fingerprint density at radius 1 is 1.24 bits per heavy atom. The van der Waals surface area contributed by atoms with Gasteiger partial charge in [0.15, 0.2) is 5.65 Å². The zero-order chi connectivity index (χ0) is 18.0. The van der Waals surface area contributed by atoms with E-state index in [1.807, 2.05) is 6.92 Å². The summed E-state index contributed by atoms with van der Waals surface area (Å²) in [7, 11) is 1.78. The third-order valence-electron chi connectivity index (χ3n) is 3.84. The summed E-state index contributed by atoms with van der Waals surface area (Å²) in [6, 6.07) is 6.36. The first-order chi connectivity index (χ1) is 12.0. The number of anilines is 2. The van der Waals surface area contributed by atoms with Gasteiger partial charge in [0.1, 0.15) is 11.6 Å². The van der Waals surface area contributed by atoms with Gasteiger partial charge in [-0.15, -0.1) is 0 Å². The lowest BCUT2D eigenvalue weighted by atomic mass is 10.0. The van der Waals surface area contributed by atoms with Crippen molar-refractivity contribution in [2.24, 2.45) is 7.05 Å². The predicted octanol–water partition coefficient (Wildman–Crippen LogP) is 3.11. The number of rotatable bonds is 6. The molecule has 0 aliphatic heterocycles. The van der Waals surface area contributed by atoms with Gasteiger partial charge in [-0.3, -0.25) is 4.68 Å². The number of aryl methyl sites for hydroxylation is 1. The number of hydrogen-bond acceptors (Lipinski definition) is 6. The number of nitrogens with zero attached hydrogens (tertiary/aromatic N) is 4. The molecule has 1 aromatic carbocycles. The maximum Gasteiger partial charge on any atom is 0.387 e. The van der Waals surface area contributed by atoms with Gasteiger partial charge in [-0.25, -0.2) is 0 Å². The monoisotopic (exact) mass is 348 g/mol. The molecular formula is C16H18F2N6O. The van der Waals surface area contributed by atoms with E-state index in [0.717, 1.165) is 12.0 Å². The van der Waals surface area contributed by atoms with E-state index in [1.165, 1.54) is 12.1 Å². The molecule has 1 atom stereocenters. The van der Waals surface area contributed by atoms with Crippen molar-refractivity contribution >= 4 is 22.8 Å². The van der Waals surface area contributed by atoms with Crippen LogP contribution in [0.25, 0.3) is 11.0 Å². The number of nitrogens with two attached hydrogens (primary N) is 1. The Balaban J connectivity index is 1.83. The maximum atomic E-state index is 12.2. The Morgan fingerprint density at radius 2 is 1.96 bits per heavy atom. The van der Waals surface area contributed by atoms with E-state index >= 15 is 0 Å². The first kappa shape index (κ1) is 16.9. The summed E-state index contributed by atoms with van der Waals surface area (Å²) in [4.78, 5) is 8.70. The van der Waals surface area contributed by atoms with Crippen molar-refractivity contribution in [3.63, 3.8) is 0 Å². The molecule has 0 fully saturated rings. The zero-order valence-corrected chi connectivity index (χ0v) is 13.8. The molecule has 7 nitrogen and oxygen atoms in total.